The number of aliphatic hydroxyl groups is 1. The summed E-state index contributed by atoms with van der Waals surface area (Å²) in [5, 5.41) is 9.93. The number of alkyl halides is 6. The van der Waals surface area contributed by atoms with Crippen molar-refractivity contribution in [2.45, 2.75) is 31.3 Å². The minimum atomic E-state index is -6.06. The van der Waals surface area contributed by atoms with E-state index in [1.165, 1.54) is 6.92 Å². The number of nitrogens with zero attached hydrogens (tertiary/aromatic N) is 3. The van der Waals surface area contributed by atoms with E-state index < -0.39 is 29.1 Å². The van der Waals surface area contributed by atoms with Gasteiger partial charge in [0.2, 0.25) is 0 Å². The quantitative estimate of drug-likeness (QED) is 0.214. The molecule has 3 aromatic carbocycles. The van der Waals surface area contributed by atoms with E-state index in [0.29, 0.717) is 23.4 Å². The highest BCUT2D eigenvalue weighted by Crippen LogP contribution is 2.50. The van der Waals surface area contributed by atoms with Gasteiger partial charge in [0.15, 0.2) is 0 Å². The first-order chi connectivity index (χ1) is 19.7. The van der Waals surface area contributed by atoms with Crippen LogP contribution in [0.3, 0.4) is 0 Å². The van der Waals surface area contributed by atoms with Crippen LogP contribution < -0.4 is 5.56 Å². The molecule has 5 nitrogen and oxygen atoms in total. The van der Waals surface area contributed by atoms with Crippen LogP contribution >= 0.6 is 11.6 Å². The van der Waals surface area contributed by atoms with Crippen LogP contribution in [0.1, 0.15) is 22.5 Å². The third-order valence-corrected chi connectivity index (χ3v) is 7.26. The summed E-state index contributed by atoms with van der Waals surface area (Å²) in [5.74, 6) is 0.165. The minimum Gasteiger partial charge on any atom is -0.369 e. The van der Waals surface area contributed by atoms with E-state index in [9.17, 15) is 36.2 Å². The van der Waals surface area contributed by atoms with Gasteiger partial charge < -0.3 is 5.11 Å². The van der Waals surface area contributed by atoms with Gasteiger partial charge in [-0.1, -0.05) is 60.1 Å². The van der Waals surface area contributed by atoms with Gasteiger partial charge in [-0.15, -0.1) is 0 Å². The molecule has 5 rings (SSSR count). The van der Waals surface area contributed by atoms with E-state index in [0.717, 1.165) is 16.2 Å². The summed E-state index contributed by atoms with van der Waals surface area (Å²) in [4.78, 5) is 23.0. The zero-order valence-electron chi connectivity index (χ0n) is 21.6. The molecule has 0 atom stereocenters. The number of pyridine rings is 1. The molecule has 0 fully saturated rings. The zero-order valence-corrected chi connectivity index (χ0v) is 22.4. The Hall–Kier alpha value is -4.22. The number of hydrogen-bond donors (Lipinski definition) is 1. The number of hydrogen-bond acceptors (Lipinski definition) is 4. The molecule has 12 heteroatoms. The molecule has 2 aromatic heterocycles. The molecule has 0 bridgehead atoms. The largest absolute Gasteiger partial charge is 0.430 e. The van der Waals surface area contributed by atoms with Gasteiger partial charge in [-0.05, 0) is 48.4 Å². The molecule has 216 valence electrons. The van der Waals surface area contributed by atoms with Crippen LogP contribution in [0.4, 0.5) is 26.3 Å². The molecule has 1 N–H and O–H groups in total. The first kappa shape index (κ1) is 29.3. The lowest BCUT2D eigenvalue weighted by atomic mass is 9.90. The standard InChI is InChI=1S/C30H20ClF6N3O2/c1-17-15-19(28(42,29(32,33)34)30(35,36)37)10-13-23(17)40-24(16-18-7-3-2-4-8-18)39-22-12-11-20(21-9-5-6-14-38-21)26(31)25(22)27(40)41/h2-15,42H,16H2,1H3. The second-order valence-corrected chi connectivity index (χ2v) is 9.95. The molecule has 0 saturated heterocycles. The molecular weight excluding hydrogens is 584 g/mol. The Bertz CT molecular complexity index is 1820. The van der Waals surface area contributed by atoms with Crippen molar-refractivity contribution in [3.05, 3.63) is 123 Å². The number of aryl methyl sites for hydroxylation is 1. The Kier molecular flexibility index (Phi) is 7.36. The molecule has 0 radical (unpaired) electrons. The van der Waals surface area contributed by atoms with Gasteiger partial charge in [0, 0.05) is 23.7 Å². The van der Waals surface area contributed by atoms with Gasteiger partial charge in [-0.3, -0.25) is 14.3 Å². The van der Waals surface area contributed by atoms with E-state index in [-0.39, 0.29) is 39.4 Å². The third-order valence-electron chi connectivity index (χ3n) is 6.87. The van der Waals surface area contributed by atoms with Crippen LogP contribution in [0, 0.1) is 6.92 Å². The smallest absolute Gasteiger partial charge is 0.369 e. The number of rotatable bonds is 5. The normalized spacial score (nSPS) is 12.6. The van der Waals surface area contributed by atoms with Gasteiger partial charge in [0.1, 0.15) is 5.82 Å². The molecule has 0 saturated carbocycles. The van der Waals surface area contributed by atoms with Crippen molar-refractivity contribution in [1.29, 1.82) is 0 Å². The molecular formula is C30H20ClF6N3O2. The van der Waals surface area contributed by atoms with Crippen molar-refractivity contribution < 1.29 is 31.4 Å². The van der Waals surface area contributed by atoms with Gasteiger partial charge >= 0.3 is 12.4 Å². The first-order valence-corrected chi connectivity index (χ1v) is 12.8. The van der Waals surface area contributed by atoms with Crippen LogP contribution in [-0.2, 0) is 12.0 Å². The molecule has 2 heterocycles. The van der Waals surface area contributed by atoms with Crippen LogP contribution in [-0.4, -0.2) is 32.0 Å². The highest BCUT2D eigenvalue weighted by Gasteiger charge is 2.71. The molecule has 0 amide bonds. The molecule has 5 aromatic rings. The first-order valence-electron chi connectivity index (χ1n) is 12.4. The predicted molar refractivity (Wildman–Crippen MR) is 146 cm³/mol. The molecule has 0 aliphatic carbocycles. The molecule has 0 spiro atoms. The Morgan fingerprint density at radius 3 is 2.14 bits per heavy atom. The second kappa shape index (κ2) is 10.6. The summed E-state index contributed by atoms with van der Waals surface area (Å²) in [6.45, 7) is 1.24. The highest BCUT2D eigenvalue weighted by atomic mass is 35.5. The van der Waals surface area contributed by atoms with Crippen molar-refractivity contribution in [3.63, 3.8) is 0 Å². The number of aromatic nitrogens is 3. The molecule has 0 aliphatic heterocycles. The minimum absolute atomic E-state index is 0.0119. The van der Waals surface area contributed by atoms with E-state index >= 15 is 0 Å². The number of fused-ring (bicyclic) bond motifs is 1. The van der Waals surface area contributed by atoms with Crippen LogP contribution in [0.25, 0.3) is 27.8 Å². The predicted octanol–water partition coefficient (Wildman–Crippen LogP) is 7.31. The van der Waals surface area contributed by atoms with E-state index in [4.69, 9.17) is 11.6 Å². The summed E-state index contributed by atoms with van der Waals surface area (Å²) in [6, 6.07) is 19.2. The van der Waals surface area contributed by atoms with Gasteiger partial charge in [0.25, 0.3) is 11.2 Å². The molecule has 0 unspecified atom stereocenters. The summed E-state index contributed by atoms with van der Waals surface area (Å²) in [7, 11) is 0. The van der Waals surface area contributed by atoms with Gasteiger partial charge in [-0.25, -0.2) is 4.98 Å². The van der Waals surface area contributed by atoms with Gasteiger partial charge in [0.05, 0.1) is 27.3 Å². The summed E-state index contributed by atoms with van der Waals surface area (Å²) < 4.78 is 82.4. The zero-order chi connectivity index (χ0) is 30.4. The Labute approximate surface area is 239 Å². The summed E-state index contributed by atoms with van der Waals surface area (Å²) in [6.07, 6.45) is -10.5. The SMILES string of the molecule is Cc1cc(C(O)(C(F)(F)F)C(F)(F)F)ccc1-n1c(Cc2ccccc2)nc2ccc(-c3ccccn3)c(Cl)c2c1=O. The molecule has 0 aliphatic rings. The topological polar surface area (TPSA) is 68.0 Å². The Balaban J connectivity index is 1.78. The lowest BCUT2D eigenvalue weighted by molar-refractivity contribution is -0.376. The highest BCUT2D eigenvalue weighted by molar-refractivity contribution is 6.38. The number of benzene rings is 3. The Morgan fingerprint density at radius 1 is 0.881 bits per heavy atom. The fourth-order valence-electron chi connectivity index (χ4n) is 4.77. The third kappa shape index (κ3) is 4.92. The van der Waals surface area contributed by atoms with E-state index in [1.807, 2.05) is 0 Å². The van der Waals surface area contributed by atoms with Crippen LogP contribution in [0.2, 0.25) is 5.02 Å². The maximum Gasteiger partial charge on any atom is 0.430 e. The number of halogens is 7. The van der Waals surface area contributed by atoms with E-state index in [2.05, 4.69) is 9.97 Å². The van der Waals surface area contributed by atoms with Crippen molar-refractivity contribution >= 4 is 22.5 Å². The summed E-state index contributed by atoms with van der Waals surface area (Å²) in [5.41, 5.74) is -5.54. The van der Waals surface area contributed by atoms with Gasteiger partial charge in [-0.2, -0.15) is 26.3 Å². The lowest BCUT2D eigenvalue weighted by Crippen LogP contribution is -2.54. The van der Waals surface area contributed by atoms with E-state index in [1.54, 1.807) is 66.9 Å². The molecule has 42 heavy (non-hydrogen) atoms. The van der Waals surface area contributed by atoms with Crippen LogP contribution in [0.5, 0.6) is 0 Å². The second-order valence-electron chi connectivity index (χ2n) is 9.57. The van der Waals surface area contributed by atoms with Crippen molar-refractivity contribution in [2.75, 3.05) is 0 Å². The Morgan fingerprint density at radius 2 is 1.55 bits per heavy atom. The lowest BCUT2D eigenvalue weighted by Gasteiger charge is -2.33. The van der Waals surface area contributed by atoms with Crippen molar-refractivity contribution in [3.8, 4) is 16.9 Å². The van der Waals surface area contributed by atoms with Crippen molar-refractivity contribution in [2.24, 2.45) is 0 Å². The maximum absolute atomic E-state index is 14.1. The van der Waals surface area contributed by atoms with Crippen molar-refractivity contribution in [1.82, 2.24) is 14.5 Å². The average Bonchev–Trinajstić information content (AvgIpc) is 2.93. The monoisotopic (exact) mass is 603 g/mol. The summed E-state index contributed by atoms with van der Waals surface area (Å²) >= 11 is 6.70. The average molecular weight is 604 g/mol. The fraction of sp³-hybridized carbons (Fsp3) is 0.167. The van der Waals surface area contributed by atoms with Crippen LogP contribution in [0.15, 0.2) is 89.9 Å². The maximum atomic E-state index is 14.1. The fourth-order valence-corrected chi connectivity index (χ4v) is 5.10.